The summed E-state index contributed by atoms with van der Waals surface area (Å²) in [6, 6.07) is 5.82. The number of nitrogens with zero attached hydrogens (tertiary/aromatic N) is 3. The van der Waals surface area contributed by atoms with Gasteiger partial charge in [-0.1, -0.05) is 11.2 Å². The van der Waals surface area contributed by atoms with Crippen LogP contribution in [-0.2, 0) is 6.42 Å². The van der Waals surface area contributed by atoms with Crippen LogP contribution in [0.1, 0.15) is 24.2 Å². The number of ether oxygens (including phenoxy) is 1. The lowest BCUT2D eigenvalue weighted by Gasteiger charge is -2.50. The van der Waals surface area contributed by atoms with E-state index in [0.29, 0.717) is 37.2 Å². The average Bonchev–Trinajstić information content (AvgIpc) is 3.08. The Morgan fingerprint density at radius 1 is 1.41 bits per heavy atom. The van der Waals surface area contributed by atoms with E-state index in [1.165, 1.54) is 0 Å². The van der Waals surface area contributed by atoms with Crippen molar-refractivity contribution >= 4 is 12.4 Å². The van der Waals surface area contributed by atoms with E-state index in [2.05, 4.69) is 21.6 Å². The summed E-state index contributed by atoms with van der Waals surface area (Å²) in [5.74, 6) is 2.20. The van der Waals surface area contributed by atoms with Crippen LogP contribution in [-0.4, -0.2) is 52.0 Å². The first-order valence-electron chi connectivity index (χ1n) is 9.19. The maximum absolute atomic E-state index is 11.1. The number of aromatic nitrogens is 2. The fraction of sp³-hybridized carbons (Fsp3) is 0.500. The number of piperidine rings is 3. The molecule has 3 aliphatic heterocycles. The van der Waals surface area contributed by atoms with Crippen LogP contribution in [0, 0.1) is 12.8 Å². The first-order chi connectivity index (χ1) is 12.6. The van der Waals surface area contributed by atoms with Gasteiger partial charge in [0, 0.05) is 12.1 Å². The summed E-state index contributed by atoms with van der Waals surface area (Å²) in [4.78, 5) is 6.61. The summed E-state index contributed by atoms with van der Waals surface area (Å²) in [7, 11) is 0. The zero-order valence-electron chi connectivity index (χ0n) is 15.6. The van der Waals surface area contributed by atoms with Crippen molar-refractivity contribution in [1.29, 1.82) is 0 Å². The number of aliphatic hydroxyl groups is 1. The van der Waals surface area contributed by atoms with Gasteiger partial charge in [-0.25, -0.2) is 0 Å². The van der Waals surface area contributed by atoms with Crippen LogP contribution in [0.2, 0.25) is 0 Å². The molecule has 1 aromatic heterocycles. The van der Waals surface area contributed by atoms with Crippen LogP contribution < -0.4 is 4.74 Å². The number of fused-ring (bicyclic) bond motifs is 3. The molecule has 1 N–H and O–H groups in total. The summed E-state index contributed by atoms with van der Waals surface area (Å²) < 4.78 is 11.3. The van der Waals surface area contributed by atoms with Crippen molar-refractivity contribution in [2.75, 3.05) is 26.2 Å². The Labute approximate surface area is 165 Å². The van der Waals surface area contributed by atoms with Crippen LogP contribution >= 0.6 is 12.4 Å². The second kappa shape index (κ2) is 8.00. The highest BCUT2D eigenvalue weighted by Crippen LogP contribution is 2.36. The van der Waals surface area contributed by atoms with Gasteiger partial charge in [-0.2, -0.15) is 4.98 Å². The Bertz CT molecular complexity index is 802. The van der Waals surface area contributed by atoms with Crippen molar-refractivity contribution in [2.45, 2.75) is 31.8 Å². The van der Waals surface area contributed by atoms with Gasteiger partial charge < -0.3 is 19.3 Å². The molecular formula is C20H26ClN3O3. The minimum atomic E-state index is -0.760. The van der Waals surface area contributed by atoms with E-state index in [0.717, 1.165) is 42.8 Å². The monoisotopic (exact) mass is 391 g/mol. The highest BCUT2D eigenvalue weighted by atomic mass is 35.5. The molecule has 7 heteroatoms. The number of halogens is 1. The predicted octanol–water partition coefficient (Wildman–Crippen LogP) is 3.03. The molecule has 2 bridgehead atoms. The smallest absolute Gasteiger partial charge is 0.257 e. The molecule has 3 aliphatic rings. The van der Waals surface area contributed by atoms with Crippen molar-refractivity contribution < 1.29 is 14.4 Å². The molecule has 1 atom stereocenters. The highest BCUT2D eigenvalue weighted by Gasteiger charge is 2.46. The molecule has 4 heterocycles. The Morgan fingerprint density at radius 2 is 2.19 bits per heavy atom. The summed E-state index contributed by atoms with van der Waals surface area (Å²) in [5.41, 5.74) is 1.10. The van der Waals surface area contributed by atoms with Gasteiger partial charge in [-0.05, 0) is 69.0 Å². The number of hydrogen-bond acceptors (Lipinski definition) is 6. The van der Waals surface area contributed by atoms with Crippen molar-refractivity contribution in [3.05, 3.63) is 42.2 Å². The molecule has 0 radical (unpaired) electrons. The predicted molar refractivity (Wildman–Crippen MR) is 105 cm³/mol. The summed E-state index contributed by atoms with van der Waals surface area (Å²) in [5, 5.41) is 14.9. The Kier molecular flexibility index (Phi) is 5.89. The number of benzene rings is 1. The number of aryl methyl sites for hydroxylation is 1. The van der Waals surface area contributed by atoms with E-state index in [1.54, 1.807) is 6.92 Å². The van der Waals surface area contributed by atoms with Crippen LogP contribution in [0.4, 0.5) is 0 Å². The van der Waals surface area contributed by atoms with E-state index in [4.69, 9.17) is 9.26 Å². The lowest BCUT2D eigenvalue weighted by Crippen LogP contribution is -2.61. The SMILES string of the molecule is C=CCc1cc(-c2nc(C)no2)ccc1OCC1(O)CN2CCC1CC2.Cl. The minimum Gasteiger partial charge on any atom is -0.490 e. The van der Waals surface area contributed by atoms with Gasteiger partial charge in [0.2, 0.25) is 0 Å². The number of allylic oxidation sites excluding steroid dienone is 1. The summed E-state index contributed by atoms with van der Waals surface area (Å²) in [6.07, 6.45) is 4.61. The van der Waals surface area contributed by atoms with Crippen LogP contribution in [0.5, 0.6) is 5.75 Å². The molecule has 0 saturated carbocycles. The van der Waals surface area contributed by atoms with Gasteiger partial charge in [0.1, 0.15) is 18.0 Å². The molecule has 1 unspecified atom stereocenters. The third kappa shape index (κ3) is 4.03. The molecule has 5 rings (SSSR count). The van der Waals surface area contributed by atoms with Crippen molar-refractivity contribution in [3.63, 3.8) is 0 Å². The van der Waals surface area contributed by atoms with Crippen LogP contribution in [0.25, 0.3) is 11.5 Å². The van der Waals surface area contributed by atoms with Crippen molar-refractivity contribution in [2.24, 2.45) is 5.92 Å². The molecule has 2 aromatic rings. The number of hydrogen-bond donors (Lipinski definition) is 1. The van der Waals surface area contributed by atoms with Crippen LogP contribution in [0.15, 0.2) is 35.4 Å². The second-order valence-electron chi connectivity index (χ2n) is 7.40. The quantitative estimate of drug-likeness (QED) is 0.763. The fourth-order valence-electron chi connectivity index (χ4n) is 4.09. The molecule has 146 valence electrons. The molecule has 0 aliphatic carbocycles. The van der Waals surface area contributed by atoms with E-state index in [9.17, 15) is 5.11 Å². The van der Waals surface area contributed by atoms with Gasteiger partial charge >= 0.3 is 0 Å². The largest absolute Gasteiger partial charge is 0.490 e. The van der Waals surface area contributed by atoms with Crippen molar-refractivity contribution in [3.8, 4) is 17.2 Å². The molecule has 3 saturated heterocycles. The summed E-state index contributed by atoms with van der Waals surface area (Å²) in [6.45, 7) is 8.83. The maximum atomic E-state index is 11.1. The molecule has 0 spiro atoms. The average molecular weight is 392 g/mol. The maximum Gasteiger partial charge on any atom is 0.257 e. The third-order valence-electron chi connectivity index (χ3n) is 5.52. The van der Waals surface area contributed by atoms with E-state index in [-0.39, 0.29) is 12.4 Å². The second-order valence-corrected chi connectivity index (χ2v) is 7.40. The Hall–Kier alpha value is -1.89. The van der Waals surface area contributed by atoms with E-state index < -0.39 is 5.60 Å². The lowest BCUT2D eigenvalue weighted by molar-refractivity contribution is -0.131. The zero-order chi connectivity index (χ0) is 18.1. The first kappa shape index (κ1) is 19.9. The molecule has 6 nitrogen and oxygen atoms in total. The van der Waals surface area contributed by atoms with Crippen LogP contribution in [0.3, 0.4) is 0 Å². The van der Waals surface area contributed by atoms with Gasteiger partial charge in [0.25, 0.3) is 5.89 Å². The number of rotatable bonds is 6. The van der Waals surface area contributed by atoms with E-state index >= 15 is 0 Å². The first-order valence-corrected chi connectivity index (χ1v) is 9.19. The molecule has 3 fully saturated rings. The van der Waals surface area contributed by atoms with Gasteiger partial charge in [0.15, 0.2) is 5.82 Å². The highest BCUT2D eigenvalue weighted by molar-refractivity contribution is 5.85. The van der Waals surface area contributed by atoms with Crippen molar-refractivity contribution in [1.82, 2.24) is 15.0 Å². The standard InChI is InChI=1S/C20H25N3O3.ClH/c1-3-4-15-11-16(19-21-14(2)22-26-19)5-6-18(15)25-13-20(24)12-23-9-7-17(20)8-10-23;/h3,5-6,11,17,24H,1,4,7-10,12-13H2,2H3;1H. The molecule has 27 heavy (non-hydrogen) atoms. The zero-order valence-corrected chi connectivity index (χ0v) is 16.4. The fourth-order valence-corrected chi connectivity index (χ4v) is 4.09. The molecular weight excluding hydrogens is 366 g/mol. The van der Waals surface area contributed by atoms with Gasteiger partial charge in [0.05, 0.1) is 0 Å². The third-order valence-corrected chi connectivity index (χ3v) is 5.52. The minimum absolute atomic E-state index is 0. The lowest BCUT2D eigenvalue weighted by atomic mass is 9.76. The summed E-state index contributed by atoms with van der Waals surface area (Å²) >= 11 is 0. The Balaban J connectivity index is 0.00000210. The topological polar surface area (TPSA) is 71.6 Å². The van der Waals surface area contributed by atoms with E-state index in [1.807, 2.05) is 24.3 Å². The molecule has 0 amide bonds. The van der Waals surface area contributed by atoms with Gasteiger partial charge in [-0.3, -0.25) is 0 Å². The van der Waals surface area contributed by atoms with Gasteiger partial charge in [-0.15, -0.1) is 19.0 Å². The Morgan fingerprint density at radius 3 is 2.78 bits per heavy atom. The normalized spacial score (nSPS) is 26.4. The molecule has 1 aromatic carbocycles.